The van der Waals surface area contributed by atoms with Gasteiger partial charge in [-0.05, 0) is 53.7 Å². The molecule has 4 atom stereocenters. The topological polar surface area (TPSA) is 140 Å². The van der Waals surface area contributed by atoms with E-state index in [0.29, 0.717) is 5.56 Å². The predicted molar refractivity (Wildman–Crippen MR) is 120 cm³/mol. The highest BCUT2D eigenvalue weighted by molar-refractivity contribution is 6.04. The number of hydrogen-bond donors (Lipinski definition) is 3. The molecule has 1 aromatic carbocycles. The van der Waals surface area contributed by atoms with Gasteiger partial charge in [0, 0.05) is 12.7 Å². The number of hydrogen-bond acceptors (Lipinski definition) is 10. The van der Waals surface area contributed by atoms with Crippen molar-refractivity contribution in [1.82, 2.24) is 0 Å². The zero-order valence-electron chi connectivity index (χ0n) is 19.8. The summed E-state index contributed by atoms with van der Waals surface area (Å²) in [7, 11) is 1.42. The number of benzene rings is 1. The summed E-state index contributed by atoms with van der Waals surface area (Å²) in [4.78, 5) is 17.8. The van der Waals surface area contributed by atoms with Gasteiger partial charge in [0.25, 0.3) is 0 Å². The van der Waals surface area contributed by atoms with E-state index in [1.54, 1.807) is 40.7 Å². The van der Waals surface area contributed by atoms with Crippen molar-refractivity contribution in [2.24, 2.45) is 5.16 Å². The average Bonchev–Trinajstić information content (AvgIpc) is 2.72. The van der Waals surface area contributed by atoms with Crippen molar-refractivity contribution in [3.05, 3.63) is 33.7 Å². The van der Waals surface area contributed by atoms with Gasteiger partial charge in [0.1, 0.15) is 47.1 Å². The van der Waals surface area contributed by atoms with Gasteiger partial charge in [-0.15, -0.1) is 0 Å². The molecule has 0 radical (unpaired) electrons. The minimum Gasteiger partial charge on any atom is -0.506 e. The van der Waals surface area contributed by atoms with E-state index in [2.05, 4.69) is 5.16 Å². The van der Waals surface area contributed by atoms with Gasteiger partial charge in [-0.1, -0.05) is 5.16 Å². The Labute approximate surface area is 191 Å². The Morgan fingerprint density at radius 3 is 2.48 bits per heavy atom. The summed E-state index contributed by atoms with van der Waals surface area (Å²) in [5, 5.41) is 35.8. The monoisotopic (exact) mass is 465 g/mol. The van der Waals surface area contributed by atoms with Crippen LogP contribution in [0.3, 0.4) is 0 Å². The fourth-order valence-corrected chi connectivity index (χ4v) is 3.87. The van der Waals surface area contributed by atoms with Crippen molar-refractivity contribution >= 4 is 16.7 Å². The van der Waals surface area contributed by atoms with Crippen LogP contribution in [0.5, 0.6) is 11.5 Å². The van der Waals surface area contributed by atoms with Crippen molar-refractivity contribution in [3.63, 3.8) is 0 Å². The van der Waals surface area contributed by atoms with E-state index in [1.807, 2.05) is 0 Å². The van der Waals surface area contributed by atoms with Crippen molar-refractivity contribution in [3.8, 4) is 11.5 Å². The number of fused-ring (bicyclic) bond motifs is 1. The molecule has 10 heteroatoms. The first kappa shape index (κ1) is 25.0. The molecule has 3 N–H and O–H groups in total. The molecule has 1 saturated heterocycles. The molecule has 182 valence electrons. The summed E-state index contributed by atoms with van der Waals surface area (Å²) in [6.07, 6.45) is -4.80. The van der Waals surface area contributed by atoms with Crippen molar-refractivity contribution in [2.45, 2.75) is 77.8 Å². The van der Waals surface area contributed by atoms with E-state index in [4.69, 9.17) is 23.5 Å². The number of oxime groups is 1. The van der Waals surface area contributed by atoms with Crippen LogP contribution in [0.1, 0.15) is 45.7 Å². The zero-order chi connectivity index (χ0) is 24.7. The molecule has 1 aliphatic heterocycles. The van der Waals surface area contributed by atoms with Gasteiger partial charge in [-0.25, -0.2) is 4.79 Å². The lowest BCUT2D eigenvalue weighted by atomic mass is 9.89. The summed E-state index contributed by atoms with van der Waals surface area (Å²) in [6.45, 7) is 10.2. The lowest BCUT2D eigenvalue weighted by Gasteiger charge is -2.46. The molecule has 1 aromatic heterocycles. The lowest BCUT2D eigenvalue weighted by Crippen LogP contribution is -2.63. The maximum atomic E-state index is 12.6. The van der Waals surface area contributed by atoms with Crippen LogP contribution in [0.4, 0.5) is 0 Å². The first-order chi connectivity index (χ1) is 15.4. The molecule has 0 saturated carbocycles. The number of aliphatic hydroxyl groups is 2. The Balaban J connectivity index is 1.99. The highest BCUT2D eigenvalue weighted by Crippen LogP contribution is 2.37. The number of rotatable bonds is 6. The molecule has 2 aromatic rings. The van der Waals surface area contributed by atoms with E-state index in [0.717, 1.165) is 0 Å². The summed E-state index contributed by atoms with van der Waals surface area (Å²) in [6, 6.07) is 3.07. The molecular formula is C23H31NO9. The van der Waals surface area contributed by atoms with Crippen molar-refractivity contribution < 1.29 is 38.8 Å². The molecular weight excluding hydrogens is 434 g/mol. The average molecular weight is 465 g/mol. The van der Waals surface area contributed by atoms with Gasteiger partial charge in [0.15, 0.2) is 0 Å². The van der Waals surface area contributed by atoms with Crippen LogP contribution in [-0.2, 0) is 14.3 Å². The van der Waals surface area contributed by atoms with Crippen molar-refractivity contribution in [2.75, 3.05) is 7.11 Å². The largest absolute Gasteiger partial charge is 0.506 e. The van der Waals surface area contributed by atoms with Crippen LogP contribution in [0, 0.1) is 6.92 Å². The van der Waals surface area contributed by atoms with Gasteiger partial charge >= 0.3 is 5.63 Å². The summed E-state index contributed by atoms with van der Waals surface area (Å²) < 4.78 is 22.4. The summed E-state index contributed by atoms with van der Waals surface area (Å²) in [5.74, 6) is -0.0489. The zero-order valence-corrected chi connectivity index (χ0v) is 19.8. The van der Waals surface area contributed by atoms with Crippen LogP contribution in [0.2, 0.25) is 0 Å². The number of aliphatic hydroxyl groups excluding tert-OH is 2. The highest BCUT2D eigenvalue weighted by Gasteiger charge is 2.50. The Bertz CT molecular complexity index is 1110. The maximum absolute atomic E-state index is 12.6. The fourth-order valence-electron chi connectivity index (χ4n) is 3.87. The normalized spacial score (nSPS) is 25.5. The van der Waals surface area contributed by atoms with Gasteiger partial charge in [-0.2, -0.15) is 0 Å². The molecule has 10 nitrogen and oxygen atoms in total. The van der Waals surface area contributed by atoms with E-state index < -0.39 is 35.8 Å². The quantitative estimate of drug-likeness (QED) is 0.333. The molecule has 3 rings (SSSR count). The summed E-state index contributed by atoms with van der Waals surface area (Å²) >= 11 is 0. The molecule has 2 heterocycles. The number of aryl methyl sites for hydroxylation is 1. The van der Waals surface area contributed by atoms with E-state index in [-0.39, 0.29) is 39.8 Å². The lowest BCUT2D eigenvalue weighted by molar-refractivity contribution is -0.306. The second-order valence-electron chi connectivity index (χ2n) is 8.85. The smallest absolute Gasteiger partial charge is 0.349 e. The standard InChI is InChI=1S/C23H31NO9/c1-10(2)33-24-12(4)15-16(25)13-8-9-14(11(3)19(13)31-21(15)28)30-22-18(27)17(26)20(29-7)23(5,6)32-22/h8-10,17-18,20,22,25-27H,1-7H3/t17-,18-,20-,22-/m1/s1. The minimum atomic E-state index is -1.39. The SMILES string of the molecule is CO[C@@H]1[C@H](O)[C@@H](O)[C@H](Oc2ccc3c(O)c(C(C)=NOC(C)C)c(=O)oc3c2C)OC1(C)C. The molecule has 0 spiro atoms. The van der Waals surface area contributed by atoms with E-state index >= 15 is 0 Å². The third-order valence-electron chi connectivity index (χ3n) is 5.55. The molecule has 0 unspecified atom stereocenters. The van der Waals surface area contributed by atoms with Crippen LogP contribution >= 0.6 is 0 Å². The van der Waals surface area contributed by atoms with Gasteiger partial charge < -0.3 is 38.8 Å². The molecule has 0 amide bonds. The third-order valence-corrected chi connectivity index (χ3v) is 5.55. The van der Waals surface area contributed by atoms with Crippen LogP contribution in [0.15, 0.2) is 26.5 Å². The minimum absolute atomic E-state index is 0.0993. The first-order valence-corrected chi connectivity index (χ1v) is 10.6. The van der Waals surface area contributed by atoms with E-state index in [9.17, 15) is 20.1 Å². The van der Waals surface area contributed by atoms with Crippen LogP contribution in [0.25, 0.3) is 11.0 Å². The molecule has 1 aliphatic rings. The van der Waals surface area contributed by atoms with Gasteiger partial charge in [0.2, 0.25) is 6.29 Å². The van der Waals surface area contributed by atoms with Gasteiger partial charge in [0.05, 0.1) is 16.7 Å². The van der Waals surface area contributed by atoms with Crippen LogP contribution in [-0.4, -0.2) is 64.4 Å². The number of methoxy groups -OCH3 is 1. The first-order valence-electron chi connectivity index (χ1n) is 10.6. The predicted octanol–water partition coefficient (Wildman–Crippen LogP) is 2.21. The Morgan fingerprint density at radius 2 is 1.88 bits per heavy atom. The summed E-state index contributed by atoms with van der Waals surface area (Å²) in [5.41, 5.74) is -1.15. The molecule has 1 fully saturated rings. The number of nitrogens with zero attached hydrogens (tertiary/aromatic N) is 1. The Morgan fingerprint density at radius 1 is 1.21 bits per heavy atom. The van der Waals surface area contributed by atoms with Crippen molar-refractivity contribution in [1.29, 1.82) is 0 Å². The Kier molecular flexibility index (Phi) is 7.04. The maximum Gasteiger partial charge on any atom is 0.349 e. The molecule has 33 heavy (non-hydrogen) atoms. The second kappa shape index (κ2) is 9.30. The number of aromatic hydroxyl groups is 1. The fraction of sp³-hybridized carbons (Fsp3) is 0.565. The van der Waals surface area contributed by atoms with E-state index in [1.165, 1.54) is 20.1 Å². The third kappa shape index (κ3) is 4.70. The highest BCUT2D eigenvalue weighted by atomic mass is 16.7. The Hall–Kier alpha value is -2.66. The number of ether oxygens (including phenoxy) is 3. The second-order valence-corrected chi connectivity index (χ2v) is 8.85. The van der Waals surface area contributed by atoms with Gasteiger partial charge in [-0.3, -0.25) is 0 Å². The molecule has 0 aliphatic carbocycles. The molecule has 0 bridgehead atoms. The van der Waals surface area contributed by atoms with Crippen LogP contribution < -0.4 is 10.4 Å².